The highest BCUT2D eigenvalue weighted by atomic mass is 16.5. The number of hydrogen-bond acceptors (Lipinski definition) is 4. The Morgan fingerprint density at radius 1 is 1.62 bits per heavy atom. The smallest absolute Gasteiger partial charge is 0.255 e. The molecule has 0 spiro atoms. The maximum atomic E-state index is 12.0. The SMILES string of the molecule is CO[C@@H]1CCN(C(=O)c2ccc(N)nc2)C1. The Morgan fingerprint density at radius 3 is 3.00 bits per heavy atom. The number of rotatable bonds is 2. The summed E-state index contributed by atoms with van der Waals surface area (Å²) < 4.78 is 5.22. The molecule has 1 amide bonds. The summed E-state index contributed by atoms with van der Waals surface area (Å²) in [5.41, 5.74) is 6.04. The van der Waals surface area contributed by atoms with Gasteiger partial charge in [0.1, 0.15) is 5.82 Å². The van der Waals surface area contributed by atoms with Gasteiger partial charge in [-0.2, -0.15) is 0 Å². The zero-order valence-electron chi connectivity index (χ0n) is 9.22. The number of nitrogens with zero attached hydrogens (tertiary/aromatic N) is 2. The number of aromatic nitrogens is 1. The average Bonchev–Trinajstić information content (AvgIpc) is 2.77. The molecule has 0 aromatic carbocycles. The van der Waals surface area contributed by atoms with Gasteiger partial charge in [0.2, 0.25) is 0 Å². The van der Waals surface area contributed by atoms with Crippen molar-refractivity contribution in [1.29, 1.82) is 0 Å². The number of amides is 1. The van der Waals surface area contributed by atoms with Crippen LogP contribution in [0.15, 0.2) is 18.3 Å². The molecule has 0 unspecified atom stereocenters. The van der Waals surface area contributed by atoms with E-state index in [1.54, 1.807) is 24.1 Å². The van der Waals surface area contributed by atoms with Crippen LogP contribution in [0.25, 0.3) is 0 Å². The average molecular weight is 221 g/mol. The highest BCUT2D eigenvalue weighted by molar-refractivity contribution is 5.94. The number of carbonyl (C=O) groups is 1. The molecule has 0 aliphatic carbocycles. The minimum Gasteiger partial charge on any atom is -0.384 e. The van der Waals surface area contributed by atoms with E-state index in [9.17, 15) is 4.79 Å². The second kappa shape index (κ2) is 4.49. The monoisotopic (exact) mass is 221 g/mol. The Labute approximate surface area is 94.2 Å². The highest BCUT2D eigenvalue weighted by Gasteiger charge is 2.26. The van der Waals surface area contributed by atoms with Crippen LogP contribution in [0.1, 0.15) is 16.8 Å². The Balaban J connectivity index is 2.05. The normalized spacial score (nSPS) is 20.1. The molecule has 5 heteroatoms. The van der Waals surface area contributed by atoms with E-state index in [1.807, 2.05) is 0 Å². The largest absolute Gasteiger partial charge is 0.384 e. The van der Waals surface area contributed by atoms with Gasteiger partial charge >= 0.3 is 0 Å². The van der Waals surface area contributed by atoms with Crippen molar-refractivity contribution < 1.29 is 9.53 Å². The van der Waals surface area contributed by atoms with E-state index in [4.69, 9.17) is 10.5 Å². The molecule has 2 heterocycles. The Morgan fingerprint density at radius 2 is 2.44 bits per heavy atom. The molecule has 0 bridgehead atoms. The first kappa shape index (κ1) is 10.9. The van der Waals surface area contributed by atoms with Crippen LogP contribution >= 0.6 is 0 Å². The number of carbonyl (C=O) groups excluding carboxylic acids is 1. The summed E-state index contributed by atoms with van der Waals surface area (Å²) in [6, 6.07) is 3.34. The van der Waals surface area contributed by atoms with Crippen LogP contribution in [0, 0.1) is 0 Å². The molecule has 86 valence electrons. The van der Waals surface area contributed by atoms with E-state index in [2.05, 4.69) is 4.98 Å². The summed E-state index contributed by atoms with van der Waals surface area (Å²) in [5, 5.41) is 0. The number of ether oxygens (including phenoxy) is 1. The summed E-state index contributed by atoms with van der Waals surface area (Å²) in [5.74, 6) is 0.416. The number of pyridine rings is 1. The first-order chi connectivity index (χ1) is 7.70. The van der Waals surface area contributed by atoms with Crippen LogP contribution in [-0.4, -0.2) is 42.1 Å². The van der Waals surface area contributed by atoms with Gasteiger partial charge in [0.25, 0.3) is 5.91 Å². The third-order valence-electron chi connectivity index (χ3n) is 2.80. The van der Waals surface area contributed by atoms with Crippen molar-refractivity contribution >= 4 is 11.7 Å². The van der Waals surface area contributed by atoms with Crippen LogP contribution in [0.4, 0.5) is 5.82 Å². The van der Waals surface area contributed by atoms with Crippen molar-refractivity contribution in [3.05, 3.63) is 23.9 Å². The summed E-state index contributed by atoms with van der Waals surface area (Å²) in [6.45, 7) is 1.39. The minimum absolute atomic E-state index is 0.00736. The molecule has 2 N–H and O–H groups in total. The number of hydrogen-bond donors (Lipinski definition) is 1. The van der Waals surface area contributed by atoms with Crippen molar-refractivity contribution in [2.75, 3.05) is 25.9 Å². The topological polar surface area (TPSA) is 68.5 Å². The summed E-state index contributed by atoms with van der Waals surface area (Å²) in [7, 11) is 1.67. The number of anilines is 1. The zero-order chi connectivity index (χ0) is 11.5. The second-order valence-electron chi connectivity index (χ2n) is 3.87. The van der Waals surface area contributed by atoms with E-state index >= 15 is 0 Å². The lowest BCUT2D eigenvalue weighted by atomic mass is 10.2. The summed E-state index contributed by atoms with van der Waals surface area (Å²) in [4.78, 5) is 17.7. The van der Waals surface area contributed by atoms with Crippen LogP contribution in [0.3, 0.4) is 0 Å². The lowest BCUT2D eigenvalue weighted by Gasteiger charge is -2.15. The van der Waals surface area contributed by atoms with Crippen LogP contribution < -0.4 is 5.73 Å². The van der Waals surface area contributed by atoms with Gasteiger partial charge in [-0.1, -0.05) is 0 Å². The van der Waals surface area contributed by atoms with E-state index in [1.165, 1.54) is 6.20 Å². The first-order valence-corrected chi connectivity index (χ1v) is 5.24. The molecule has 1 saturated heterocycles. The quantitative estimate of drug-likeness (QED) is 0.790. The highest BCUT2D eigenvalue weighted by Crippen LogP contribution is 2.15. The summed E-state index contributed by atoms with van der Waals surface area (Å²) >= 11 is 0. The van der Waals surface area contributed by atoms with Crippen molar-refractivity contribution in [3.8, 4) is 0 Å². The van der Waals surface area contributed by atoms with Gasteiger partial charge in [-0.15, -0.1) is 0 Å². The van der Waals surface area contributed by atoms with Crippen LogP contribution in [0.5, 0.6) is 0 Å². The standard InChI is InChI=1S/C11H15N3O2/c1-16-9-4-5-14(7-9)11(15)8-2-3-10(12)13-6-8/h2-3,6,9H,4-5,7H2,1H3,(H2,12,13)/t9-/m1/s1. The molecule has 0 radical (unpaired) electrons. The second-order valence-corrected chi connectivity index (χ2v) is 3.87. The number of nitrogen functional groups attached to an aromatic ring is 1. The molecule has 1 aromatic rings. The lowest BCUT2D eigenvalue weighted by molar-refractivity contribution is 0.0724. The lowest BCUT2D eigenvalue weighted by Crippen LogP contribution is -2.30. The van der Waals surface area contributed by atoms with Gasteiger partial charge < -0.3 is 15.4 Å². The van der Waals surface area contributed by atoms with Gasteiger partial charge in [0.05, 0.1) is 11.7 Å². The molecular formula is C11H15N3O2. The number of nitrogens with two attached hydrogens (primary N) is 1. The summed E-state index contributed by atoms with van der Waals surface area (Å²) in [6.07, 6.45) is 2.56. The van der Waals surface area contributed by atoms with Gasteiger partial charge in [0.15, 0.2) is 0 Å². The number of likely N-dealkylation sites (tertiary alicyclic amines) is 1. The molecule has 5 nitrogen and oxygen atoms in total. The molecule has 16 heavy (non-hydrogen) atoms. The minimum atomic E-state index is -0.00736. The number of methoxy groups -OCH3 is 1. The Hall–Kier alpha value is -1.62. The molecule has 2 rings (SSSR count). The maximum Gasteiger partial charge on any atom is 0.255 e. The molecule has 0 saturated carbocycles. The molecule has 1 aliphatic heterocycles. The van der Waals surface area contributed by atoms with Gasteiger partial charge in [-0.25, -0.2) is 4.98 Å². The molecule has 1 aromatic heterocycles. The Kier molecular flexibility index (Phi) is 3.05. The van der Waals surface area contributed by atoms with Gasteiger partial charge in [0, 0.05) is 26.4 Å². The zero-order valence-corrected chi connectivity index (χ0v) is 9.22. The fraction of sp³-hybridized carbons (Fsp3) is 0.455. The molecule has 1 aliphatic rings. The molecule has 1 fully saturated rings. The van der Waals surface area contributed by atoms with Gasteiger partial charge in [-0.05, 0) is 18.6 Å². The fourth-order valence-electron chi connectivity index (χ4n) is 1.82. The third-order valence-corrected chi connectivity index (χ3v) is 2.80. The predicted octanol–water partition coefficient (Wildman–Crippen LogP) is 0.525. The molecule has 1 atom stereocenters. The maximum absolute atomic E-state index is 12.0. The van der Waals surface area contributed by atoms with Crippen LogP contribution in [-0.2, 0) is 4.74 Å². The van der Waals surface area contributed by atoms with Crippen molar-refractivity contribution in [2.24, 2.45) is 0 Å². The van der Waals surface area contributed by atoms with E-state index in [0.717, 1.165) is 13.0 Å². The fourth-order valence-corrected chi connectivity index (χ4v) is 1.82. The van der Waals surface area contributed by atoms with E-state index < -0.39 is 0 Å². The molecular weight excluding hydrogens is 206 g/mol. The third kappa shape index (κ3) is 2.14. The van der Waals surface area contributed by atoms with Gasteiger partial charge in [-0.3, -0.25) is 4.79 Å². The van der Waals surface area contributed by atoms with Crippen LogP contribution in [0.2, 0.25) is 0 Å². The van der Waals surface area contributed by atoms with E-state index in [-0.39, 0.29) is 12.0 Å². The predicted molar refractivity (Wildman–Crippen MR) is 60.0 cm³/mol. The van der Waals surface area contributed by atoms with Crippen molar-refractivity contribution in [1.82, 2.24) is 9.88 Å². The first-order valence-electron chi connectivity index (χ1n) is 5.24. The Bertz CT molecular complexity index is 377. The van der Waals surface area contributed by atoms with Crippen molar-refractivity contribution in [3.63, 3.8) is 0 Å². The van der Waals surface area contributed by atoms with Crippen molar-refractivity contribution in [2.45, 2.75) is 12.5 Å². The van der Waals surface area contributed by atoms with E-state index in [0.29, 0.717) is 17.9 Å².